The first-order valence-electron chi connectivity index (χ1n) is 9.91. The van der Waals surface area contributed by atoms with Crippen LogP contribution in [0.3, 0.4) is 0 Å². The molecule has 148 valence electrons. The van der Waals surface area contributed by atoms with Gasteiger partial charge < -0.3 is 9.64 Å². The molecule has 5 nitrogen and oxygen atoms in total. The molecule has 27 heavy (non-hydrogen) atoms. The Kier molecular flexibility index (Phi) is 5.94. The summed E-state index contributed by atoms with van der Waals surface area (Å²) in [5, 5.41) is 0. The number of pyridine rings is 1. The average Bonchev–Trinajstić information content (AvgIpc) is 3.04. The van der Waals surface area contributed by atoms with Crippen molar-refractivity contribution in [3.8, 4) is 0 Å². The number of rotatable bonds is 4. The summed E-state index contributed by atoms with van der Waals surface area (Å²) >= 11 is 3.66. The van der Waals surface area contributed by atoms with Gasteiger partial charge in [-0.15, -0.1) is 0 Å². The van der Waals surface area contributed by atoms with Crippen LogP contribution < -0.4 is 4.90 Å². The molecule has 1 aliphatic carbocycles. The Balaban J connectivity index is 2.03. The average molecular weight is 437 g/mol. The van der Waals surface area contributed by atoms with Gasteiger partial charge in [-0.25, -0.2) is 4.79 Å². The van der Waals surface area contributed by atoms with Crippen LogP contribution in [0.5, 0.6) is 0 Å². The molecule has 1 aliphatic heterocycles. The molecule has 0 atom stereocenters. The Labute approximate surface area is 170 Å². The van der Waals surface area contributed by atoms with Crippen molar-refractivity contribution < 1.29 is 14.3 Å². The molecule has 3 rings (SSSR count). The van der Waals surface area contributed by atoms with E-state index in [-0.39, 0.29) is 6.10 Å². The Morgan fingerprint density at radius 1 is 1.11 bits per heavy atom. The summed E-state index contributed by atoms with van der Waals surface area (Å²) in [5.74, 6) is -1.41. The molecule has 2 fully saturated rings. The van der Waals surface area contributed by atoms with Crippen LogP contribution in [0.25, 0.3) is 0 Å². The molecule has 0 radical (unpaired) electrons. The van der Waals surface area contributed by atoms with Crippen LogP contribution in [0.1, 0.15) is 74.1 Å². The van der Waals surface area contributed by atoms with Gasteiger partial charge in [0.2, 0.25) is 0 Å². The highest BCUT2D eigenvalue weighted by Crippen LogP contribution is 2.47. The quantitative estimate of drug-likeness (QED) is 0.386. The number of anilines is 1. The summed E-state index contributed by atoms with van der Waals surface area (Å²) in [7, 11) is 0. The zero-order valence-electron chi connectivity index (χ0n) is 16.7. The predicted octanol–water partition coefficient (Wildman–Crippen LogP) is 4.76. The standard InChI is InChI=1S/C21H29BrN2O3/c1-13(2)27-20(26)19(25)16-14(3)23-15(4)17(22)18(16)24-11-7-10-21(12-24)8-5-6-9-21/h13H,5-12H2,1-4H3. The fourth-order valence-corrected chi connectivity index (χ4v) is 5.22. The van der Waals surface area contributed by atoms with Crippen LogP contribution in [0.15, 0.2) is 4.47 Å². The third kappa shape index (κ3) is 4.05. The lowest BCUT2D eigenvalue weighted by molar-refractivity contribution is -0.141. The molecule has 6 heteroatoms. The fraction of sp³-hybridized carbons (Fsp3) is 0.667. The lowest BCUT2D eigenvalue weighted by atomic mass is 9.78. The van der Waals surface area contributed by atoms with E-state index >= 15 is 0 Å². The number of ether oxygens (including phenoxy) is 1. The number of halogens is 1. The van der Waals surface area contributed by atoms with Crippen LogP contribution in [0.2, 0.25) is 0 Å². The summed E-state index contributed by atoms with van der Waals surface area (Å²) in [5.41, 5.74) is 2.97. The van der Waals surface area contributed by atoms with E-state index in [2.05, 4.69) is 25.8 Å². The highest BCUT2D eigenvalue weighted by molar-refractivity contribution is 9.10. The monoisotopic (exact) mass is 436 g/mol. The van der Waals surface area contributed by atoms with Crippen molar-refractivity contribution in [1.29, 1.82) is 0 Å². The van der Waals surface area contributed by atoms with Gasteiger partial charge >= 0.3 is 5.97 Å². The highest BCUT2D eigenvalue weighted by atomic mass is 79.9. The number of hydrogen-bond acceptors (Lipinski definition) is 5. The van der Waals surface area contributed by atoms with E-state index in [0.717, 1.165) is 35.4 Å². The molecule has 1 spiro atoms. The Morgan fingerprint density at radius 3 is 2.37 bits per heavy atom. The lowest BCUT2D eigenvalue weighted by Crippen LogP contribution is -2.43. The van der Waals surface area contributed by atoms with Gasteiger partial charge in [-0.2, -0.15) is 0 Å². The SMILES string of the molecule is Cc1nc(C)c(C(=O)C(=O)OC(C)C)c(N2CCCC3(CCCC3)C2)c1Br. The van der Waals surface area contributed by atoms with Gasteiger partial charge in [0.15, 0.2) is 0 Å². The number of carbonyl (C=O) groups is 2. The minimum absolute atomic E-state index is 0.330. The number of piperidine rings is 1. The van der Waals surface area contributed by atoms with E-state index in [9.17, 15) is 9.59 Å². The van der Waals surface area contributed by atoms with Crippen LogP contribution in [0.4, 0.5) is 5.69 Å². The molecule has 2 heterocycles. The number of Topliss-reactive ketones (excluding diaryl/α,β-unsaturated/α-hetero) is 1. The second-order valence-electron chi connectivity index (χ2n) is 8.34. The third-order valence-corrected chi connectivity index (χ3v) is 6.81. The number of esters is 1. The molecule has 0 unspecified atom stereocenters. The van der Waals surface area contributed by atoms with E-state index in [1.54, 1.807) is 20.8 Å². The number of hydrogen-bond donors (Lipinski definition) is 0. The summed E-state index contributed by atoms with van der Waals surface area (Å²) in [4.78, 5) is 32.1. The summed E-state index contributed by atoms with van der Waals surface area (Å²) in [6.07, 6.45) is 7.11. The zero-order chi connectivity index (χ0) is 19.8. The second kappa shape index (κ2) is 7.90. The maximum absolute atomic E-state index is 13.0. The van der Waals surface area contributed by atoms with Crippen LogP contribution >= 0.6 is 15.9 Å². The Hall–Kier alpha value is -1.43. The second-order valence-corrected chi connectivity index (χ2v) is 9.13. The van der Waals surface area contributed by atoms with Gasteiger partial charge in [0.25, 0.3) is 5.78 Å². The van der Waals surface area contributed by atoms with Crippen LogP contribution in [0, 0.1) is 19.3 Å². The molecule has 2 aliphatic rings. The Bertz CT molecular complexity index is 754. The van der Waals surface area contributed by atoms with Crippen molar-refractivity contribution in [3.63, 3.8) is 0 Å². The maximum atomic E-state index is 13.0. The van der Waals surface area contributed by atoms with E-state index in [1.807, 2.05) is 6.92 Å². The number of aryl methyl sites for hydroxylation is 2. The molecular weight excluding hydrogens is 408 g/mol. The predicted molar refractivity (Wildman–Crippen MR) is 109 cm³/mol. The molecule has 0 N–H and O–H groups in total. The van der Waals surface area contributed by atoms with E-state index in [1.165, 1.54) is 32.1 Å². The Morgan fingerprint density at radius 2 is 1.74 bits per heavy atom. The van der Waals surface area contributed by atoms with Gasteiger partial charge in [0, 0.05) is 13.1 Å². The lowest BCUT2D eigenvalue weighted by Gasteiger charge is -2.42. The van der Waals surface area contributed by atoms with Crippen molar-refractivity contribution >= 4 is 33.4 Å². The van der Waals surface area contributed by atoms with Gasteiger partial charge in [-0.05, 0) is 74.7 Å². The molecule has 1 aromatic rings. The summed E-state index contributed by atoms with van der Waals surface area (Å²) in [6, 6.07) is 0. The summed E-state index contributed by atoms with van der Waals surface area (Å²) in [6.45, 7) is 9.05. The van der Waals surface area contributed by atoms with Crippen molar-refractivity contribution in [2.75, 3.05) is 18.0 Å². The zero-order valence-corrected chi connectivity index (χ0v) is 18.3. The van der Waals surface area contributed by atoms with Crippen molar-refractivity contribution in [2.24, 2.45) is 5.41 Å². The topological polar surface area (TPSA) is 59.5 Å². The van der Waals surface area contributed by atoms with Crippen molar-refractivity contribution in [1.82, 2.24) is 4.98 Å². The molecule has 0 bridgehead atoms. The number of aromatic nitrogens is 1. The first-order valence-corrected chi connectivity index (χ1v) is 10.7. The fourth-order valence-electron chi connectivity index (χ4n) is 4.68. The minimum atomic E-state index is -0.806. The third-order valence-electron chi connectivity index (χ3n) is 5.86. The number of ketones is 1. The smallest absolute Gasteiger partial charge is 0.380 e. The molecule has 1 saturated heterocycles. The molecule has 0 amide bonds. The normalized spacial score (nSPS) is 19.0. The molecule has 0 aromatic carbocycles. The number of carbonyl (C=O) groups excluding carboxylic acids is 2. The van der Waals surface area contributed by atoms with E-state index in [0.29, 0.717) is 16.7 Å². The highest BCUT2D eigenvalue weighted by Gasteiger charge is 2.40. The molecule has 1 saturated carbocycles. The van der Waals surface area contributed by atoms with Gasteiger partial charge in [-0.1, -0.05) is 12.8 Å². The number of nitrogens with zero attached hydrogens (tertiary/aromatic N) is 2. The first kappa shape index (κ1) is 20.3. The van der Waals surface area contributed by atoms with Gasteiger partial charge in [0.05, 0.1) is 33.2 Å². The first-order chi connectivity index (χ1) is 12.7. The van der Waals surface area contributed by atoms with E-state index < -0.39 is 11.8 Å². The van der Waals surface area contributed by atoms with Crippen molar-refractivity contribution in [2.45, 2.75) is 72.3 Å². The molecule has 1 aromatic heterocycles. The molecular formula is C21H29BrN2O3. The maximum Gasteiger partial charge on any atom is 0.380 e. The largest absolute Gasteiger partial charge is 0.457 e. The van der Waals surface area contributed by atoms with E-state index in [4.69, 9.17) is 4.74 Å². The van der Waals surface area contributed by atoms with Gasteiger partial charge in [-0.3, -0.25) is 9.78 Å². The van der Waals surface area contributed by atoms with Gasteiger partial charge in [0.1, 0.15) is 0 Å². The van der Waals surface area contributed by atoms with Crippen LogP contribution in [-0.2, 0) is 9.53 Å². The summed E-state index contributed by atoms with van der Waals surface area (Å²) < 4.78 is 5.99. The van der Waals surface area contributed by atoms with Crippen molar-refractivity contribution in [3.05, 3.63) is 21.4 Å². The minimum Gasteiger partial charge on any atom is -0.457 e. The van der Waals surface area contributed by atoms with Crippen LogP contribution in [-0.4, -0.2) is 35.9 Å².